The van der Waals surface area contributed by atoms with Crippen LogP contribution in [-0.4, -0.2) is 5.78 Å². The molecule has 2 atom stereocenters. The van der Waals surface area contributed by atoms with Crippen molar-refractivity contribution in [2.45, 2.75) is 47.5 Å². The molecule has 0 aromatic heterocycles. The molecule has 0 aromatic rings. The summed E-state index contributed by atoms with van der Waals surface area (Å²) in [7, 11) is 0. The predicted octanol–water partition coefficient (Wildman–Crippen LogP) is 4.15. The molecule has 1 aliphatic carbocycles. The van der Waals surface area contributed by atoms with Gasteiger partial charge in [0.05, 0.1) is 0 Å². The average molecular weight is 220 g/mol. The van der Waals surface area contributed by atoms with E-state index < -0.39 is 0 Å². The summed E-state index contributed by atoms with van der Waals surface area (Å²) in [5.74, 6) is 1.30. The van der Waals surface area contributed by atoms with E-state index in [1.807, 2.05) is 6.92 Å². The minimum Gasteiger partial charge on any atom is -0.295 e. The molecule has 0 aliphatic heterocycles. The Kier molecular flexibility index (Phi) is 4.12. The summed E-state index contributed by atoms with van der Waals surface area (Å²) in [5, 5.41) is 0. The average Bonchev–Trinajstić information content (AvgIpc) is 2.23. The third-order valence-electron chi connectivity index (χ3n) is 4.18. The summed E-state index contributed by atoms with van der Waals surface area (Å²) in [6, 6.07) is 0. The lowest BCUT2D eigenvalue weighted by Gasteiger charge is -2.42. The van der Waals surface area contributed by atoms with Crippen molar-refractivity contribution >= 4 is 5.78 Å². The Bertz CT molecular complexity index is 320. The third-order valence-corrected chi connectivity index (χ3v) is 4.18. The molecule has 1 rings (SSSR count). The highest BCUT2D eigenvalue weighted by atomic mass is 16.1. The van der Waals surface area contributed by atoms with Crippen LogP contribution in [0.4, 0.5) is 0 Å². The molecule has 0 aromatic carbocycles. The highest BCUT2D eigenvalue weighted by Crippen LogP contribution is 2.45. The van der Waals surface area contributed by atoms with Crippen molar-refractivity contribution in [3.63, 3.8) is 0 Å². The van der Waals surface area contributed by atoms with Crippen LogP contribution in [0.3, 0.4) is 0 Å². The van der Waals surface area contributed by atoms with E-state index in [1.165, 1.54) is 5.57 Å². The minimum atomic E-state index is 0.224. The van der Waals surface area contributed by atoms with Crippen molar-refractivity contribution in [1.29, 1.82) is 0 Å². The number of allylic oxidation sites excluding steroid dienone is 4. The van der Waals surface area contributed by atoms with Crippen molar-refractivity contribution in [2.24, 2.45) is 17.3 Å². The van der Waals surface area contributed by atoms with Crippen LogP contribution in [0.1, 0.15) is 47.5 Å². The minimum absolute atomic E-state index is 0.224. The Labute approximate surface area is 99.6 Å². The van der Waals surface area contributed by atoms with Crippen LogP contribution in [-0.2, 0) is 4.79 Å². The fraction of sp³-hybridized carbons (Fsp3) is 0.667. The molecule has 0 amide bonds. The number of hydrogen-bond acceptors (Lipinski definition) is 1. The van der Waals surface area contributed by atoms with Crippen molar-refractivity contribution < 1.29 is 4.79 Å². The van der Waals surface area contributed by atoms with Crippen LogP contribution in [0.2, 0.25) is 0 Å². The van der Waals surface area contributed by atoms with Crippen molar-refractivity contribution in [3.8, 4) is 0 Å². The second-order valence-corrected chi connectivity index (χ2v) is 5.56. The lowest BCUT2D eigenvalue weighted by Crippen LogP contribution is -2.33. The summed E-state index contributed by atoms with van der Waals surface area (Å²) in [6.45, 7) is 11.0. The first-order chi connectivity index (χ1) is 7.39. The van der Waals surface area contributed by atoms with E-state index in [0.717, 1.165) is 6.42 Å². The molecule has 0 spiro atoms. The first-order valence-electron chi connectivity index (χ1n) is 6.27. The van der Waals surface area contributed by atoms with E-state index in [1.54, 1.807) is 6.08 Å². The highest BCUT2D eigenvalue weighted by Gasteiger charge is 2.36. The number of rotatable bonds is 3. The fourth-order valence-corrected chi connectivity index (χ4v) is 2.41. The van der Waals surface area contributed by atoms with E-state index in [-0.39, 0.29) is 11.2 Å². The van der Waals surface area contributed by atoms with E-state index in [2.05, 4.69) is 39.8 Å². The maximum atomic E-state index is 11.3. The molecule has 0 unspecified atom stereocenters. The van der Waals surface area contributed by atoms with Gasteiger partial charge in [-0.3, -0.25) is 4.79 Å². The van der Waals surface area contributed by atoms with Crippen LogP contribution >= 0.6 is 0 Å². The Morgan fingerprint density at radius 1 is 1.56 bits per heavy atom. The smallest absolute Gasteiger partial charge is 0.155 e. The SMILES string of the molecule is CCC(=O)/C=C/[C@H]1C(C)=CC[C@H](C)C1(C)C. The molecule has 1 aliphatic rings. The summed E-state index contributed by atoms with van der Waals surface area (Å²) in [5.41, 5.74) is 1.66. The van der Waals surface area contributed by atoms with Crippen molar-refractivity contribution in [1.82, 2.24) is 0 Å². The van der Waals surface area contributed by atoms with Gasteiger partial charge in [0.1, 0.15) is 0 Å². The second kappa shape index (κ2) is 4.99. The molecule has 0 bridgehead atoms. The van der Waals surface area contributed by atoms with Gasteiger partial charge in [0.25, 0.3) is 0 Å². The maximum absolute atomic E-state index is 11.3. The largest absolute Gasteiger partial charge is 0.295 e. The third kappa shape index (κ3) is 2.63. The summed E-state index contributed by atoms with van der Waals surface area (Å²) < 4.78 is 0. The fourth-order valence-electron chi connectivity index (χ4n) is 2.41. The van der Waals surface area contributed by atoms with E-state index >= 15 is 0 Å². The molecule has 0 heterocycles. The molecule has 1 nitrogen and oxygen atoms in total. The second-order valence-electron chi connectivity index (χ2n) is 5.56. The first kappa shape index (κ1) is 13.2. The quantitative estimate of drug-likeness (QED) is 0.516. The predicted molar refractivity (Wildman–Crippen MR) is 69.2 cm³/mol. The first-order valence-corrected chi connectivity index (χ1v) is 6.27. The van der Waals surface area contributed by atoms with E-state index in [0.29, 0.717) is 18.3 Å². The number of hydrogen-bond donors (Lipinski definition) is 0. The zero-order valence-electron chi connectivity index (χ0n) is 11.2. The highest BCUT2D eigenvalue weighted by molar-refractivity contribution is 5.89. The summed E-state index contributed by atoms with van der Waals surface area (Å²) in [4.78, 5) is 11.3. The lowest BCUT2D eigenvalue weighted by molar-refractivity contribution is -0.114. The van der Waals surface area contributed by atoms with Crippen LogP contribution < -0.4 is 0 Å². The molecule has 16 heavy (non-hydrogen) atoms. The molecule has 0 fully saturated rings. The van der Waals surface area contributed by atoms with Gasteiger partial charge in [0.15, 0.2) is 5.78 Å². The zero-order valence-corrected chi connectivity index (χ0v) is 11.2. The molecule has 0 radical (unpaired) electrons. The van der Waals surface area contributed by atoms with Gasteiger partial charge < -0.3 is 0 Å². The molecule has 0 N–H and O–H groups in total. The molecular formula is C15H24O. The molecular weight excluding hydrogens is 196 g/mol. The van der Waals surface area contributed by atoms with Gasteiger partial charge >= 0.3 is 0 Å². The maximum Gasteiger partial charge on any atom is 0.155 e. The lowest BCUT2D eigenvalue weighted by atomic mass is 9.63. The van der Waals surface area contributed by atoms with Crippen LogP contribution in [0.5, 0.6) is 0 Å². The topological polar surface area (TPSA) is 17.1 Å². The van der Waals surface area contributed by atoms with Gasteiger partial charge in [-0.25, -0.2) is 0 Å². The van der Waals surface area contributed by atoms with E-state index in [4.69, 9.17) is 0 Å². The monoisotopic (exact) mass is 220 g/mol. The molecule has 0 saturated heterocycles. The van der Waals surface area contributed by atoms with Gasteiger partial charge in [-0.05, 0) is 30.8 Å². The zero-order chi connectivity index (χ0) is 12.3. The summed E-state index contributed by atoms with van der Waals surface area (Å²) >= 11 is 0. The van der Waals surface area contributed by atoms with Gasteiger partial charge in [-0.2, -0.15) is 0 Å². The van der Waals surface area contributed by atoms with Gasteiger partial charge in [0.2, 0.25) is 0 Å². The normalized spacial score (nSPS) is 29.2. The van der Waals surface area contributed by atoms with Crippen molar-refractivity contribution in [2.75, 3.05) is 0 Å². The van der Waals surface area contributed by atoms with Crippen LogP contribution in [0, 0.1) is 17.3 Å². The Morgan fingerprint density at radius 3 is 2.75 bits per heavy atom. The molecule has 0 saturated carbocycles. The van der Waals surface area contributed by atoms with Crippen LogP contribution in [0.15, 0.2) is 23.8 Å². The van der Waals surface area contributed by atoms with Gasteiger partial charge in [-0.15, -0.1) is 0 Å². The number of ketones is 1. The summed E-state index contributed by atoms with van der Waals surface area (Å²) in [6.07, 6.45) is 7.95. The Balaban J connectivity index is 2.91. The molecule has 90 valence electrons. The van der Waals surface area contributed by atoms with Crippen LogP contribution in [0.25, 0.3) is 0 Å². The van der Waals surface area contributed by atoms with E-state index in [9.17, 15) is 4.79 Å². The Morgan fingerprint density at radius 2 is 2.19 bits per heavy atom. The molecule has 1 heteroatoms. The number of carbonyl (C=O) groups is 1. The standard InChI is InChI=1S/C15H24O/c1-6-13(16)9-10-14-11(2)7-8-12(3)15(14,4)5/h7,9-10,12,14H,6,8H2,1-5H3/b10-9+/t12-,14-/m0/s1. The van der Waals surface area contributed by atoms with Gasteiger partial charge in [-0.1, -0.05) is 45.4 Å². The number of carbonyl (C=O) groups excluding carboxylic acids is 1. The van der Waals surface area contributed by atoms with Gasteiger partial charge in [0, 0.05) is 12.3 Å². The van der Waals surface area contributed by atoms with Crippen molar-refractivity contribution in [3.05, 3.63) is 23.8 Å². The Hall–Kier alpha value is -0.850.